The Hall–Kier alpha value is -0.570. The second-order valence-corrected chi connectivity index (χ2v) is 4.13. The molecule has 2 rings (SSSR count). The molecule has 1 saturated heterocycles. The average Bonchev–Trinajstić information content (AvgIpc) is 2.18. The molecule has 1 aromatic rings. The number of benzene rings is 1. The first-order valence-electron chi connectivity index (χ1n) is 4.86. The van der Waals surface area contributed by atoms with Gasteiger partial charge < -0.3 is 10.5 Å². The Bertz CT molecular complexity index is 316. The molecule has 0 aromatic heterocycles. The Morgan fingerprint density at radius 3 is 3.00 bits per heavy atom. The molecule has 1 fully saturated rings. The first-order valence-corrected chi connectivity index (χ1v) is 5.24. The van der Waals surface area contributed by atoms with Crippen LogP contribution in [0, 0.1) is 0 Å². The Labute approximate surface area is 89.0 Å². The van der Waals surface area contributed by atoms with Gasteiger partial charge >= 0.3 is 0 Å². The van der Waals surface area contributed by atoms with E-state index in [2.05, 4.69) is 6.07 Å². The first kappa shape index (κ1) is 9.97. The van der Waals surface area contributed by atoms with E-state index < -0.39 is 0 Å². The Balaban J connectivity index is 2.20. The molecule has 0 aliphatic carbocycles. The molecular formula is C11H14ClNO. The minimum atomic E-state index is 0.0993. The summed E-state index contributed by atoms with van der Waals surface area (Å²) in [5, 5.41) is 0.779. The molecule has 0 spiro atoms. The quantitative estimate of drug-likeness (QED) is 0.773. The van der Waals surface area contributed by atoms with Gasteiger partial charge in [-0.15, -0.1) is 0 Å². The van der Waals surface area contributed by atoms with Crippen LogP contribution < -0.4 is 5.73 Å². The van der Waals surface area contributed by atoms with E-state index in [0.29, 0.717) is 12.5 Å². The number of halogens is 1. The summed E-state index contributed by atoms with van der Waals surface area (Å²) in [4.78, 5) is 0. The minimum Gasteiger partial charge on any atom is -0.380 e. The lowest BCUT2D eigenvalue weighted by molar-refractivity contribution is 0.0696. The zero-order chi connectivity index (χ0) is 9.97. The van der Waals surface area contributed by atoms with Crippen molar-refractivity contribution in [1.82, 2.24) is 0 Å². The predicted molar refractivity (Wildman–Crippen MR) is 57.6 cm³/mol. The lowest BCUT2D eigenvalue weighted by Crippen LogP contribution is -2.37. The van der Waals surface area contributed by atoms with Crippen molar-refractivity contribution in [3.8, 4) is 0 Å². The van der Waals surface area contributed by atoms with E-state index in [1.807, 2.05) is 18.2 Å². The molecule has 0 bridgehead atoms. The molecule has 1 aliphatic rings. The van der Waals surface area contributed by atoms with Gasteiger partial charge in [0.05, 0.1) is 6.61 Å². The van der Waals surface area contributed by atoms with E-state index in [1.54, 1.807) is 0 Å². The van der Waals surface area contributed by atoms with Crippen LogP contribution in [0.5, 0.6) is 0 Å². The zero-order valence-electron chi connectivity index (χ0n) is 7.95. The van der Waals surface area contributed by atoms with Crippen molar-refractivity contribution >= 4 is 11.6 Å². The number of hydrogen-bond donors (Lipinski definition) is 1. The Morgan fingerprint density at radius 1 is 1.43 bits per heavy atom. The largest absolute Gasteiger partial charge is 0.380 e. The highest BCUT2D eigenvalue weighted by Crippen LogP contribution is 2.27. The second kappa shape index (κ2) is 4.30. The van der Waals surface area contributed by atoms with E-state index in [4.69, 9.17) is 22.1 Å². The molecule has 76 valence electrons. The van der Waals surface area contributed by atoms with E-state index in [9.17, 15) is 0 Å². The summed E-state index contributed by atoms with van der Waals surface area (Å²) >= 11 is 5.94. The maximum Gasteiger partial charge on any atom is 0.0623 e. The molecule has 1 heterocycles. The summed E-state index contributed by atoms with van der Waals surface area (Å²) in [5.74, 6) is 0.391. The highest BCUT2D eigenvalue weighted by atomic mass is 35.5. The standard InChI is InChI=1S/C11H14ClNO/c12-9-3-1-2-8(6-9)10-4-5-14-7-11(10)13/h1-3,6,10-11H,4-5,7,13H2. The van der Waals surface area contributed by atoms with Crippen LogP contribution in [0.2, 0.25) is 5.02 Å². The molecule has 2 nitrogen and oxygen atoms in total. The van der Waals surface area contributed by atoms with E-state index >= 15 is 0 Å². The third-order valence-electron chi connectivity index (χ3n) is 2.68. The van der Waals surface area contributed by atoms with Gasteiger partial charge in [-0.1, -0.05) is 23.7 Å². The molecule has 3 heteroatoms. The third kappa shape index (κ3) is 2.08. The van der Waals surface area contributed by atoms with Crippen molar-refractivity contribution in [3.05, 3.63) is 34.9 Å². The number of rotatable bonds is 1. The average molecular weight is 212 g/mol. The fraction of sp³-hybridized carbons (Fsp3) is 0.455. The van der Waals surface area contributed by atoms with E-state index in [0.717, 1.165) is 18.1 Å². The monoisotopic (exact) mass is 211 g/mol. The van der Waals surface area contributed by atoms with Crippen molar-refractivity contribution < 1.29 is 4.74 Å². The molecule has 2 N–H and O–H groups in total. The van der Waals surface area contributed by atoms with Gasteiger partial charge in [0.2, 0.25) is 0 Å². The van der Waals surface area contributed by atoms with Crippen molar-refractivity contribution in [2.75, 3.05) is 13.2 Å². The minimum absolute atomic E-state index is 0.0993. The van der Waals surface area contributed by atoms with Gasteiger partial charge in [0, 0.05) is 23.6 Å². The number of nitrogens with two attached hydrogens (primary N) is 1. The summed E-state index contributed by atoms with van der Waals surface area (Å²) < 4.78 is 5.31. The van der Waals surface area contributed by atoms with Gasteiger partial charge in [-0.2, -0.15) is 0 Å². The van der Waals surface area contributed by atoms with Gasteiger partial charge in [0.15, 0.2) is 0 Å². The highest BCUT2D eigenvalue weighted by Gasteiger charge is 2.23. The molecule has 2 atom stereocenters. The first-order chi connectivity index (χ1) is 6.77. The summed E-state index contributed by atoms with van der Waals surface area (Å²) in [6.07, 6.45) is 0.988. The molecule has 1 aromatic carbocycles. The fourth-order valence-corrected chi connectivity index (χ4v) is 2.11. The van der Waals surface area contributed by atoms with Gasteiger partial charge in [0.1, 0.15) is 0 Å². The second-order valence-electron chi connectivity index (χ2n) is 3.69. The van der Waals surface area contributed by atoms with Crippen LogP contribution in [-0.4, -0.2) is 19.3 Å². The van der Waals surface area contributed by atoms with Crippen LogP contribution in [0.1, 0.15) is 17.9 Å². The third-order valence-corrected chi connectivity index (χ3v) is 2.91. The normalized spacial score (nSPS) is 27.6. The predicted octanol–water partition coefficient (Wildman–Crippen LogP) is 2.17. The van der Waals surface area contributed by atoms with Gasteiger partial charge in [0.25, 0.3) is 0 Å². The SMILES string of the molecule is NC1COCCC1c1cccc(Cl)c1. The summed E-state index contributed by atoms with van der Waals surface area (Å²) in [7, 11) is 0. The van der Waals surface area contributed by atoms with Crippen molar-refractivity contribution in [3.63, 3.8) is 0 Å². The maximum absolute atomic E-state index is 5.99. The van der Waals surface area contributed by atoms with Crippen LogP contribution in [0.4, 0.5) is 0 Å². The molecule has 0 saturated carbocycles. The molecule has 14 heavy (non-hydrogen) atoms. The number of hydrogen-bond acceptors (Lipinski definition) is 2. The highest BCUT2D eigenvalue weighted by molar-refractivity contribution is 6.30. The molecular weight excluding hydrogens is 198 g/mol. The maximum atomic E-state index is 5.99. The lowest BCUT2D eigenvalue weighted by atomic mass is 9.88. The van der Waals surface area contributed by atoms with Gasteiger partial charge in [-0.3, -0.25) is 0 Å². The van der Waals surface area contributed by atoms with Crippen LogP contribution in [0.15, 0.2) is 24.3 Å². The zero-order valence-corrected chi connectivity index (χ0v) is 8.70. The molecule has 2 unspecified atom stereocenters. The molecule has 0 amide bonds. The topological polar surface area (TPSA) is 35.2 Å². The van der Waals surface area contributed by atoms with Crippen molar-refractivity contribution in [2.45, 2.75) is 18.4 Å². The Morgan fingerprint density at radius 2 is 2.29 bits per heavy atom. The van der Waals surface area contributed by atoms with Gasteiger partial charge in [-0.25, -0.2) is 0 Å². The summed E-state index contributed by atoms with van der Waals surface area (Å²) in [6.45, 7) is 1.45. The van der Waals surface area contributed by atoms with Crippen LogP contribution >= 0.6 is 11.6 Å². The molecule has 1 aliphatic heterocycles. The van der Waals surface area contributed by atoms with E-state index in [-0.39, 0.29) is 6.04 Å². The Kier molecular flexibility index (Phi) is 3.06. The smallest absolute Gasteiger partial charge is 0.0623 e. The lowest BCUT2D eigenvalue weighted by Gasteiger charge is -2.29. The summed E-state index contributed by atoms with van der Waals surface area (Å²) in [6, 6.07) is 8.04. The van der Waals surface area contributed by atoms with Crippen LogP contribution in [0.25, 0.3) is 0 Å². The molecule has 0 radical (unpaired) electrons. The van der Waals surface area contributed by atoms with Crippen molar-refractivity contribution in [1.29, 1.82) is 0 Å². The number of ether oxygens (including phenoxy) is 1. The summed E-state index contributed by atoms with van der Waals surface area (Å²) in [5.41, 5.74) is 7.22. The van der Waals surface area contributed by atoms with Gasteiger partial charge in [-0.05, 0) is 24.1 Å². The van der Waals surface area contributed by atoms with Crippen LogP contribution in [0.3, 0.4) is 0 Å². The fourth-order valence-electron chi connectivity index (χ4n) is 1.91. The van der Waals surface area contributed by atoms with Crippen molar-refractivity contribution in [2.24, 2.45) is 5.73 Å². The van der Waals surface area contributed by atoms with E-state index in [1.165, 1.54) is 5.56 Å². The van der Waals surface area contributed by atoms with Crippen LogP contribution in [-0.2, 0) is 4.74 Å².